The molecule has 1 fully saturated rings. The molecule has 46 heavy (non-hydrogen) atoms. The first-order valence-corrected chi connectivity index (χ1v) is 15.0. The molecule has 0 aliphatic heterocycles. The summed E-state index contributed by atoms with van der Waals surface area (Å²) in [6.45, 7) is 1.30. The largest absolute Gasteiger partial charge is 0.494 e. The SMILES string of the molecule is N#Cc1c(-c2ccc(NC(=O)OC(c3ccccc3)C(F)(F)F)cc2)n(C2CCC2)c2cc(OCCCCn3cncn3)ccc12. The standard InChI is InChI=1S/C34H31F3N6O3/c35-34(36,37)32(24-7-2-1-3-8-24)46-33(44)41-25-13-11-23(12-14-25)31-29(20-38)28-16-15-27(19-30(28)43(31)26-9-6-10-26)45-18-5-4-17-42-22-39-21-40-42/h1-3,7-8,11-16,19,21-22,26,32H,4-6,9-10,17-18H2,(H,41,44). The summed E-state index contributed by atoms with van der Waals surface area (Å²) >= 11 is 0. The van der Waals surface area contributed by atoms with E-state index in [1.165, 1.54) is 30.6 Å². The lowest BCUT2D eigenvalue weighted by Gasteiger charge is -2.30. The van der Waals surface area contributed by atoms with Gasteiger partial charge < -0.3 is 14.0 Å². The van der Waals surface area contributed by atoms with Crippen molar-refractivity contribution in [2.75, 3.05) is 11.9 Å². The third-order valence-corrected chi connectivity index (χ3v) is 8.07. The number of fused-ring (bicyclic) bond motifs is 1. The van der Waals surface area contributed by atoms with Gasteiger partial charge in [-0.1, -0.05) is 42.5 Å². The van der Waals surface area contributed by atoms with Crippen molar-refractivity contribution >= 4 is 22.7 Å². The van der Waals surface area contributed by atoms with E-state index in [-0.39, 0.29) is 17.3 Å². The smallest absolute Gasteiger partial charge is 0.429 e. The summed E-state index contributed by atoms with van der Waals surface area (Å²) in [5.41, 5.74) is 3.00. The van der Waals surface area contributed by atoms with Gasteiger partial charge in [0.1, 0.15) is 24.5 Å². The Balaban J connectivity index is 1.20. The third kappa shape index (κ3) is 6.68. The molecule has 2 aromatic heterocycles. The molecule has 1 saturated carbocycles. The fraction of sp³-hybridized carbons (Fsp3) is 0.294. The minimum atomic E-state index is -4.78. The molecule has 236 valence electrons. The normalized spacial score (nSPS) is 14.0. The van der Waals surface area contributed by atoms with E-state index in [2.05, 4.69) is 26.0 Å². The van der Waals surface area contributed by atoms with Crippen LogP contribution in [-0.2, 0) is 11.3 Å². The van der Waals surface area contributed by atoms with E-state index < -0.39 is 18.4 Å². The molecular formula is C34H31F3N6O3. The van der Waals surface area contributed by atoms with Crippen LogP contribution in [0.5, 0.6) is 5.75 Å². The van der Waals surface area contributed by atoms with Crippen molar-refractivity contribution in [3.8, 4) is 23.1 Å². The summed E-state index contributed by atoms with van der Waals surface area (Å²) in [7, 11) is 0. The molecule has 0 radical (unpaired) electrons. The molecule has 0 saturated heterocycles. The maximum atomic E-state index is 13.7. The molecule has 1 N–H and O–H groups in total. The predicted molar refractivity (Wildman–Crippen MR) is 165 cm³/mol. The quantitative estimate of drug-likeness (QED) is 0.148. The fourth-order valence-corrected chi connectivity index (χ4v) is 5.63. The van der Waals surface area contributed by atoms with Crippen LogP contribution in [0.3, 0.4) is 0 Å². The highest BCUT2D eigenvalue weighted by Gasteiger charge is 2.44. The lowest BCUT2D eigenvalue weighted by molar-refractivity contribution is -0.205. The Morgan fingerprint density at radius 3 is 2.50 bits per heavy atom. The van der Waals surface area contributed by atoms with E-state index >= 15 is 0 Å². The Bertz CT molecular complexity index is 1830. The van der Waals surface area contributed by atoms with Crippen molar-refractivity contribution in [3.63, 3.8) is 0 Å². The molecule has 1 aliphatic carbocycles. The Morgan fingerprint density at radius 1 is 1.07 bits per heavy atom. The molecular weight excluding hydrogens is 597 g/mol. The van der Waals surface area contributed by atoms with E-state index in [1.807, 2.05) is 18.2 Å². The summed E-state index contributed by atoms with van der Waals surface area (Å²) in [4.78, 5) is 16.5. The molecule has 1 aliphatic rings. The van der Waals surface area contributed by atoms with Crippen molar-refractivity contribution in [3.05, 3.63) is 96.6 Å². The van der Waals surface area contributed by atoms with Crippen molar-refractivity contribution in [2.24, 2.45) is 0 Å². The molecule has 3 aromatic carbocycles. The van der Waals surface area contributed by atoms with Gasteiger partial charge in [0.25, 0.3) is 0 Å². The van der Waals surface area contributed by atoms with Crippen LogP contribution in [0.4, 0.5) is 23.7 Å². The maximum absolute atomic E-state index is 13.7. The van der Waals surface area contributed by atoms with Gasteiger partial charge in [-0.25, -0.2) is 9.78 Å². The number of anilines is 1. The van der Waals surface area contributed by atoms with Gasteiger partial charge in [0, 0.05) is 35.3 Å². The number of carbonyl (C=O) groups excluding carboxylic acids is 1. The zero-order valence-corrected chi connectivity index (χ0v) is 24.8. The average molecular weight is 629 g/mol. The lowest BCUT2D eigenvalue weighted by Crippen LogP contribution is -2.28. The number of alkyl halides is 3. The molecule has 2 heterocycles. The minimum absolute atomic E-state index is 0.176. The number of halogens is 3. The number of aryl methyl sites for hydroxylation is 1. The topological polar surface area (TPSA) is 107 Å². The van der Waals surface area contributed by atoms with E-state index in [0.29, 0.717) is 17.9 Å². The molecule has 0 bridgehead atoms. The van der Waals surface area contributed by atoms with Crippen LogP contribution >= 0.6 is 0 Å². The van der Waals surface area contributed by atoms with Crippen LogP contribution < -0.4 is 10.1 Å². The van der Waals surface area contributed by atoms with Crippen LogP contribution in [0.25, 0.3) is 22.2 Å². The van der Waals surface area contributed by atoms with Crippen molar-refractivity contribution in [1.82, 2.24) is 19.3 Å². The zero-order valence-electron chi connectivity index (χ0n) is 24.8. The van der Waals surface area contributed by atoms with Crippen LogP contribution in [0.15, 0.2) is 85.5 Å². The number of hydrogen-bond donors (Lipinski definition) is 1. The molecule has 0 spiro atoms. The second kappa shape index (κ2) is 13.4. The first kappa shape index (κ1) is 30.7. The Morgan fingerprint density at radius 2 is 1.85 bits per heavy atom. The average Bonchev–Trinajstić information content (AvgIpc) is 3.65. The van der Waals surface area contributed by atoms with E-state index in [9.17, 15) is 23.2 Å². The van der Waals surface area contributed by atoms with Gasteiger partial charge in [-0.15, -0.1) is 0 Å². The van der Waals surface area contributed by atoms with E-state index in [4.69, 9.17) is 9.47 Å². The molecule has 1 amide bonds. The number of hydrogen-bond acceptors (Lipinski definition) is 6. The summed E-state index contributed by atoms with van der Waals surface area (Å²) in [5.74, 6) is 0.716. The third-order valence-electron chi connectivity index (χ3n) is 8.07. The number of benzene rings is 3. The van der Waals surface area contributed by atoms with Crippen LogP contribution in [0.2, 0.25) is 0 Å². The number of ether oxygens (including phenoxy) is 2. The van der Waals surface area contributed by atoms with Crippen LogP contribution in [0, 0.1) is 11.3 Å². The Kier molecular flexibility index (Phi) is 8.92. The highest BCUT2D eigenvalue weighted by atomic mass is 19.4. The number of nitriles is 1. The highest BCUT2D eigenvalue weighted by Crippen LogP contribution is 2.43. The number of nitrogens with one attached hydrogen (secondary N) is 1. The zero-order chi connectivity index (χ0) is 32.1. The van der Waals surface area contributed by atoms with Gasteiger partial charge in [-0.2, -0.15) is 23.5 Å². The number of nitrogens with zero attached hydrogens (tertiary/aromatic N) is 5. The first-order valence-electron chi connectivity index (χ1n) is 15.0. The summed E-state index contributed by atoms with van der Waals surface area (Å²) in [6.07, 6.45) is -0.453. The van der Waals surface area contributed by atoms with Gasteiger partial charge in [0.05, 0.1) is 23.4 Å². The second-order valence-electron chi connectivity index (χ2n) is 11.1. The van der Waals surface area contributed by atoms with Gasteiger partial charge >= 0.3 is 12.3 Å². The summed E-state index contributed by atoms with van der Waals surface area (Å²) < 4.78 is 55.8. The molecule has 5 aromatic rings. The second-order valence-corrected chi connectivity index (χ2v) is 11.1. The molecule has 1 atom stereocenters. The van der Waals surface area contributed by atoms with Gasteiger partial charge in [-0.05, 0) is 61.9 Å². The summed E-state index contributed by atoms with van der Waals surface area (Å²) in [5, 5.41) is 17.6. The maximum Gasteiger partial charge on any atom is 0.429 e. The number of amides is 1. The number of rotatable bonds is 11. The Labute approximate surface area is 263 Å². The molecule has 1 unspecified atom stereocenters. The van der Waals surface area contributed by atoms with E-state index in [1.54, 1.807) is 41.3 Å². The molecule has 12 heteroatoms. The van der Waals surface area contributed by atoms with Crippen molar-refractivity contribution in [1.29, 1.82) is 5.26 Å². The summed E-state index contributed by atoms with van der Waals surface area (Å²) in [6, 6.07) is 22.0. The monoisotopic (exact) mass is 628 g/mol. The molecule has 6 rings (SSSR count). The minimum Gasteiger partial charge on any atom is -0.494 e. The van der Waals surface area contributed by atoms with Crippen LogP contribution in [0.1, 0.15) is 55.4 Å². The van der Waals surface area contributed by atoms with Crippen molar-refractivity contribution < 1.29 is 27.4 Å². The van der Waals surface area contributed by atoms with E-state index in [0.717, 1.165) is 60.8 Å². The lowest BCUT2D eigenvalue weighted by atomic mass is 9.92. The number of aromatic nitrogens is 4. The van der Waals surface area contributed by atoms with Gasteiger partial charge in [0.15, 0.2) is 0 Å². The van der Waals surface area contributed by atoms with Gasteiger partial charge in [0.2, 0.25) is 6.10 Å². The Hall–Kier alpha value is -5.31. The highest BCUT2D eigenvalue weighted by molar-refractivity contribution is 5.96. The first-order chi connectivity index (χ1) is 22.3. The van der Waals surface area contributed by atoms with Crippen molar-refractivity contribution in [2.45, 2.75) is 57.0 Å². The van der Waals surface area contributed by atoms with Gasteiger partial charge in [-0.3, -0.25) is 10.00 Å². The number of carbonyl (C=O) groups is 1. The predicted octanol–water partition coefficient (Wildman–Crippen LogP) is 8.21. The van der Waals surface area contributed by atoms with Crippen LogP contribution in [-0.4, -0.2) is 38.2 Å². The number of unbranched alkanes of at least 4 members (excludes halogenated alkanes) is 1. The fourth-order valence-electron chi connectivity index (χ4n) is 5.63. The molecule has 9 nitrogen and oxygen atoms in total.